The lowest BCUT2D eigenvalue weighted by molar-refractivity contribution is -0.131. The molecule has 9 rings (SSSR count). The van der Waals surface area contributed by atoms with Crippen LogP contribution >= 0.6 is 38.9 Å². The molecule has 9 nitrogen and oxygen atoms in total. The lowest BCUT2D eigenvalue weighted by Gasteiger charge is -2.49. The number of allylic oxidation sites excluding steroid dienone is 2. The molecule has 4 heterocycles. The van der Waals surface area contributed by atoms with Gasteiger partial charge < -0.3 is 5.11 Å². The van der Waals surface area contributed by atoms with E-state index < -0.39 is 35.0 Å². The molecule has 0 bridgehead atoms. The Labute approximate surface area is 323 Å². The fourth-order valence-electron chi connectivity index (χ4n) is 9.53. The number of fused-ring (bicyclic) bond motifs is 5. The summed E-state index contributed by atoms with van der Waals surface area (Å²) in [7, 11) is 1.73. The van der Waals surface area contributed by atoms with Crippen LogP contribution in [0.2, 0.25) is 5.02 Å². The molecule has 0 radical (unpaired) electrons. The first kappa shape index (κ1) is 34.2. The number of phenols is 1. The summed E-state index contributed by atoms with van der Waals surface area (Å²) < 4.78 is 3.47. The van der Waals surface area contributed by atoms with Gasteiger partial charge >= 0.3 is 0 Å². The third-order valence-electron chi connectivity index (χ3n) is 12.1. The quantitative estimate of drug-likeness (QED) is 0.144. The van der Waals surface area contributed by atoms with E-state index in [0.717, 1.165) is 36.1 Å². The van der Waals surface area contributed by atoms with Crippen molar-refractivity contribution in [3.05, 3.63) is 105 Å². The smallest absolute Gasteiger partial charge is 0.242 e. The minimum Gasteiger partial charge on any atom is -0.508 e. The topological polar surface area (TPSA) is 113 Å². The molecule has 1 saturated carbocycles. The molecule has 0 spiro atoms. The predicted octanol–water partition coefficient (Wildman–Crippen LogP) is 8.48. The maximum absolute atomic E-state index is 15.1. The Morgan fingerprint density at radius 1 is 0.925 bits per heavy atom. The average molecular weight is 810 g/mol. The number of halogens is 2. The summed E-state index contributed by atoms with van der Waals surface area (Å²) in [6.07, 6.45) is 2.63. The molecule has 3 aromatic carbocycles. The van der Waals surface area contributed by atoms with Gasteiger partial charge in [-0.2, -0.15) is 5.10 Å². The zero-order chi connectivity index (χ0) is 37.2. The van der Waals surface area contributed by atoms with Gasteiger partial charge in [-0.3, -0.25) is 28.8 Å². The first-order valence-electron chi connectivity index (χ1n) is 17.5. The van der Waals surface area contributed by atoms with E-state index >= 15 is 4.79 Å². The molecule has 6 unspecified atom stereocenters. The molecule has 5 aromatic rings. The zero-order valence-corrected chi connectivity index (χ0v) is 32.4. The summed E-state index contributed by atoms with van der Waals surface area (Å²) in [5.41, 5.74) is 3.25. The Hall–Kier alpha value is -4.58. The number of aromatic hydroxyl groups is 1. The molecular weight excluding hydrogens is 776 g/mol. The van der Waals surface area contributed by atoms with Crippen molar-refractivity contribution in [2.45, 2.75) is 39.5 Å². The number of anilines is 2. The Morgan fingerprint density at radius 2 is 1.68 bits per heavy atom. The summed E-state index contributed by atoms with van der Waals surface area (Å²) in [5.74, 6) is -3.81. The van der Waals surface area contributed by atoms with Crippen LogP contribution in [0.5, 0.6) is 5.75 Å². The van der Waals surface area contributed by atoms with E-state index in [4.69, 9.17) is 16.7 Å². The number of thiophene rings is 1. The molecule has 1 N–H and O–H groups in total. The number of amides is 4. The van der Waals surface area contributed by atoms with E-state index in [1.807, 2.05) is 44.2 Å². The molecule has 6 atom stereocenters. The number of rotatable bonds is 4. The number of aromatic nitrogens is 2. The summed E-state index contributed by atoms with van der Waals surface area (Å²) in [6, 6.07) is 20.0. The predicted molar refractivity (Wildman–Crippen MR) is 208 cm³/mol. The van der Waals surface area contributed by atoms with Gasteiger partial charge in [-0.1, -0.05) is 51.3 Å². The largest absolute Gasteiger partial charge is 0.508 e. The lowest BCUT2D eigenvalue weighted by Crippen LogP contribution is -2.49. The number of nitrogens with zero attached hydrogens (tertiary/aromatic N) is 4. The highest BCUT2D eigenvalue weighted by molar-refractivity contribution is 9.10. The highest BCUT2D eigenvalue weighted by Gasteiger charge is 2.68. The van der Waals surface area contributed by atoms with Gasteiger partial charge in [-0.25, -0.2) is 4.90 Å². The minimum absolute atomic E-state index is 0.124. The molecule has 2 aliphatic heterocycles. The Bertz CT molecular complexity index is 2490. The summed E-state index contributed by atoms with van der Waals surface area (Å²) in [6.45, 7) is 5.68. The van der Waals surface area contributed by atoms with Crippen molar-refractivity contribution in [2.75, 3.05) is 9.80 Å². The van der Waals surface area contributed by atoms with Gasteiger partial charge in [0.2, 0.25) is 23.6 Å². The number of imide groups is 2. The van der Waals surface area contributed by atoms with Crippen LogP contribution in [0.25, 0.3) is 20.7 Å². The number of hydrogen-bond acceptors (Lipinski definition) is 7. The van der Waals surface area contributed by atoms with Crippen molar-refractivity contribution in [2.24, 2.45) is 36.1 Å². The fraction of sp³-hybridized carbons (Fsp3) is 0.293. The van der Waals surface area contributed by atoms with Crippen molar-refractivity contribution < 1.29 is 24.3 Å². The zero-order valence-electron chi connectivity index (χ0n) is 29.3. The lowest BCUT2D eigenvalue weighted by atomic mass is 9.51. The first-order chi connectivity index (χ1) is 25.3. The third-order valence-corrected chi connectivity index (χ3v) is 14.2. The van der Waals surface area contributed by atoms with Crippen LogP contribution in [0.3, 0.4) is 0 Å². The van der Waals surface area contributed by atoms with Gasteiger partial charge in [0.15, 0.2) is 0 Å². The highest BCUT2D eigenvalue weighted by Crippen LogP contribution is 2.64. The third kappa shape index (κ3) is 4.82. The van der Waals surface area contributed by atoms with Crippen LogP contribution in [-0.2, 0) is 26.2 Å². The fourth-order valence-corrected chi connectivity index (χ4v) is 11.1. The van der Waals surface area contributed by atoms with Crippen LogP contribution in [0, 0.1) is 42.9 Å². The second kappa shape index (κ2) is 12.0. The van der Waals surface area contributed by atoms with Crippen LogP contribution in [-0.4, -0.2) is 38.5 Å². The number of hydrogen-bond donors (Lipinski definition) is 1. The molecule has 4 amide bonds. The highest BCUT2D eigenvalue weighted by atomic mass is 79.9. The van der Waals surface area contributed by atoms with Gasteiger partial charge in [0.05, 0.1) is 33.7 Å². The van der Waals surface area contributed by atoms with Gasteiger partial charge in [-0.05, 0) is 110 Å². The molecule has 2 saturated heterocycles. The van der Waals surface area contributed by atoms with E-state index in [1.54, 1.807) is 72.5 Å². The standard InChI is InChI=1S/C41H34BrClN4O5S/c1-19-15-21(5-13-31(19)48)35-25-11-12-26-34(39(51)46(37(26)49)24-9-6-22(42)7-10-24)28(25)17-29-38(50)47(40(52)41(29,35)3)33-18-30(44-45(33)4)36-20(2)27-16-23(43)8-14-32(27)53-36/h5-11,13-16,18,26,28-29,34-35,48H,12,17H2,1-4H3. The van der Waals surface area contributed by atoms with Gasteiger partial charge in [0.25, 0.3) is 0 Å². The average Bonchev–Trinajstić information content (AvgIpc) is 3.80. The van der Waals surface area contributed by atoms with Crippen molar-refractivity contribution >= 4 is 84.1 Å². The van der Waals surface area contributed by atoms with Gasteiger partial charge in [-0.15, -0.1) is 11.3 Å². The monoisotopic (exact) mass is 808 g/mol. The minimum atomic E-state index is -1.22. The summed E-state index contributed by atoms with van der Waals surface area (Å²) in [5, 5.41) is 17.0. The van der Waals surface area contributed by atoms with Crippen LogP contribution in [0.15, 0.2) is 82.9 Å². The van der Waals surface area contributed by atoms with E-state index in [-0.39, 0.29) is 35.8 Å². The summed E-state index contributed by atoms with van der Waals surface area (Å²) >= 11 is 11.3. The molecule has 2 aromatic heterocycles. The second-order valence-corrected chi connectivity index (χ2v) is 17.3. The number of carbonyl (C=O) groups excluding carboxylic acids is 4. The van der Waals surface area contributed by atoms with Crippen molar-refractivity contribution in [1.82, 2.24) is 9.78 Å². The van der Waals surface area contributed by atoms with Crippen LogP contribution < -0.4 is 9.80 Å². The molecule has 2 aliphatic carbocycles. The van der Waals surface area contributed by atoms with E-state index in [9.17, 15) is 19.5 Å². The number of carbonyl (C=O) groups is 4. The van der Waals surface area contributed by atoms with Crippen molar-refractivity contribution in [3.8, 4) is 16.3 Å². The molecule has 3 fully saturated rings. The maximum Gasteiger partial charge on any atom is 0.242 e. The molecule has 53 heavy (non-hydrogen) atoms. The van der Waals surface area contributed by atoms with Crippen molar-refractivity contribution in [1.29, 1.82) is 0 Å². The van der Waals surface area contributed by atoms with Crippen LogP contribution in [0.1, 0.15) is 42.4 Å². The Morgan fingerprint density at radius 3 is 2.42 bits per heavy atom. The van der Waals surface area contributed by atoms with Gasteiger partial charge in [0, 0.05) is 33.2 Å². The van der Waals surface area contributed by atoms with E-state index in [1.165, 1.54) is 9.80 Å². The molecule has 4 aliphatic rings. The van der Waals surface area contributed by atoms with E-state index in [0.29, 0.717) is 34.2 Å². The molecular formula is C41H34BrClN4O5S. The summed E-state index contributed by atoms with van der Waals surface area (Å²) in [4.78, 5) is 61.7. The second-order valence-electron chi connectivity index (χ2n) is 14.9. The maximum atomic E-state index is 15.1. The first-order valence-corrected chi connectivity index (χ1v) is 19.5. The Kier molecular flexibility index (Phi) is 7.72. The van der Waals surface area contributed by atoms with Crippen molar-refractivity contribution in [3.63, 3.8) is 0 Å². The number of aryl methyl sites for hydroxylation is 3. The SMILES string of the molecule is Cc1cc(C2C3=CCC4C(=O)N(c5ccc(Br)cc5)C(=O)C4C3CC3C(=O)N(c4cc(-c5sc6ccc(Cl)cc6c5C)nn4C)C(=O)C32C)ccc1O. The Balaban J connectivity index is 1.15. The van der Waals surface area contributed by atoms with Crippen LogP contribution in [0.4, 0.5) is 11.5 Å². The molecule has 12 heteroatoms. The number of benzene rings is 3. The number of phenolic OH excluding ortho intramolecular Hbond substituents is 1. The van der Waals surface area contributed by atoms with E-state index in [2.05, 4.69) is 15.9 Å². The van der Waals surface area contributed by atoms with Gasteiger partial charge in [0.1, 0.15) is 17.3 Å². The normalized spacial score (nSPS) is 26.7. The molecule has 268 valence electrons.